The SMILES string of the molecule is CC(=O)OCC(c1ccccc1)C(O)O. The number of esters is 1. The van der Waals surface area contributed by atoms with Crippen LogP contribution in [0.2, 0.25) is 0 Å². The van der Waals surface area contributed by atoms with Crippen LogP contribution in [0.3, 0.4) is 0 Å². The average molecular weight is 210 g/mol. The molecule has 0 aliphatic carbocycles. The number of benzene rings is 1. The van der Waals surface area contributed by atoms with Crippen molar-refractivity contribution in [3.8, 4) is 0 Å². The average Bonchev–Trinajstić information content (AvgIpc) is 2.18. The number of hydrogen-bond acceptors (Lipinski definition) is 4. The van der Waals surface area contributed by atoms with Gasteiger partial charge in [0.2, 0.25) is 0 Å². The fourth-order valence-corrected chi connectivity index (χ4v) is 1.26. The zero-order valence-corrected chi connectivity index (χ0v) is 8.46. The van der Waals surface area contributed by atoms with Crippen LogP contribution in [0.1, 0.15) is 18.4 Å². The van der Waals surface area contributed by atoms with Crippen molar-refractivity contribution < 1.29 is 19.7 Å². The number of aliphatic hydroxyl groups is 2. The maximum absolute atomic E-state index is 10.6. The highest BCUT2D eigenvalue weighted by Crippen LogP contribution is 2.18. The molecule has 0 bridgehead atoms. The zero-order valence-electron chi connectivity index (χ0n) is 8.46. The quantitative estimate of drug-likeness (QED) is 0.565. The van der Waals surface area contributed by atoms with E-state index in [9.17, 15) is 4.79 Å². The topological polar surface area (TPSA) is 66.8 Å². The lowest BCUT2D eigenvalue weighted by molar-refractivity contribution is -0.145. The van der Waals surface area contributed by atoms with Crippen molar-refractivity contribution in [2.24, 2.45) is 0 Å². The van der Waals surface area contributed by atoms with Crippen LogP contribution in [0.5, 0.6) is 0 Å². The van der Waals surface area contributed by atoms with E-state index in [0.29, 0.717) is 0 Å². The zero-order chi connectivity index (χ0) is 11.3. The molecule has 1 aromatic carbocycles. The predicted octanol–water partition coefficient (Wildman–Crippen LogP) is 0.644. The second kappa shape index (κ2) is 5.48. The molecule has 0 saturated carbocycles. The fraction of sp³-hybridized carbons (Fsp3) is 0.364. The van der Waals surface area contributed by atoms with Crippen molar-refractivity contribution in [3.05, 3.63) is 35.9 Å². The van der Waals surface area contributed by atoms with Gasteiger partial charge in [0.05, 0.1) is 5.92 Å². The first-order chi connectivity index (χ1) is 7.11. The fourth-order valence-electron chi connectivity index (χ4n) is 1.26. The number of rotatable bonds is 4. The van der Waals surface area contributed by atoms with E-state index >= 15 is 0 Å². The Labute approximate surface area is 88.1 Å². The maximum Gasteiger partial charge on any atom is 0.302 e. The highest BCUT2D eigenvalue weighted by molar-refractivity contribution is 5.65. The van der Waals surface area contributed by atoms with E-state index in [-0.39, 0.29) is 6.61 Å². The Kier molecular flexibility index (Phi) is 4.27. The van der Waals surface area contributed by atoms with Gasteiger partial charge in [0.15, 0.2) is 6.29 Å². The molecular weight excluding hydrogens is 196 g/mol. The van der Waals surface area contributed by atoms with Gasteiger partial charge in [0, 0.05) is 6.92 Å². The number of carbonyl (C=O) groups excluding carboxylic acids is 1. The minimum atomic E-state index is -1.54. The summed E-state index contributed by atoms with van der Waals surface area (Å²) in [7, 11) is 0. The predicted molar refractivity (Wildman–Crippen MR) is 54.0 cm³/mol. The van der Waals surface area contributed by atoms with E-state index in [1.54, 1.807) is 24.3 Å². The van der Waals surface area contributed by atoms with Crippen LogP contribution in [-0.4, -0.2) is 29.1 Å². The monoisotopic (exact) mass is 210 g/mol. The molecule has 0 radical (unpaired) electrons. The van der Waals surface area contributed by atoms with E-state index in [1.165, 1.54) is 6.92 Å². The lowest BCUT2D eigenvalue weighted by atomic mass is 10.00. The molecule has 0 aliphatic rings. The van der Waals surface area contributed by atoms with Gasteiger partial charge in [-0.25, -0.2) is 0 Å². The smallest absolute Gasteiger partial charge is 0.302 e. The Morgan fingerprint density at radius 2 is 1.93 bits per heavy atom. The van der Waals surface area contributed by atoms with Gasteiger partial charge in [-0.3, -0.25) is 4.79 Å². The molecule has 1 unspecified atom stereocenters. The van der Waals surface area contributed by atoms with Crippen molar-refractivity contribution in [2.75, 3.05) is 6.61 Å². The summed E-state index contributed by atoms with van der Waals surface area (Å²) in [6.07, 6.45) is -1.54. The molecule has 1 aromatic rings. The molecule has 2 N–H and O–H groups in total. The summed E-state index contributed by atoms with van der Waals surface area (Å²) in [6.45, 7) is 1.25. The Morgan fingerprint density at radius 3 is 2.40 bits per heavy atom. The van der Waals surface area contributed by atoms with Gasteiger partial charge >= 0.3 is 5.97 Å². The summed E-state index contributed by atoms with van der Waals surface area (Å²) < 4.78 is 4.76. The Bertz CT molecular complexity index is 308. The first kappa shape index (κ1) is 11.7. The minimum absolute atomic E-state index is 0.0307. The molecule has 0 aromatic heterocycles. The van der Waals surface area contributed by atoms with Gasteiger partial charge in [-0.15, -0.1) is 0 Å². The third kappa shape index (κ3) is 3.69. The van der Waals surface area contributed by atoms with Crippen LogP contribution in [0, 0.1) is 0 Å². The second-order valence-corrected chi connectivity index (χ2v) is 3.23. The van der Waals surface area contributed by atoms with E-state index in [4.69, 9.17) is 14.9 Å². The van der Waals surface area contributed by atoms with Gasteiger partial charge in [-0.1, -0.05) is 30.3 Å². The lowest BCUT2D eigenvalue weighted by Gasteiger charge is -2.18. The molecule has 1 atom stereocenters. The van der Waals surface area contributed by atoms with E-state index in [0.717, 1.165) is 5.56 Å². The van der Waals surface area contributed by atoms with Crippen LogP contribution in [0.25, 0.3) is 0 Å². The largest absolute Gasteiger partial charge is 0.465 e. The van der Waals surface area contributed by atoms with Gasteiger partial charge in [-0.05, 0) is 5.56 Å². The summed E-state index contributed by atoms with van der Waals surface area (Å²) >= 11 is 0. The van der Waals surface area contributed by atoms with Gasteiger partial charge in [-0.2, -0.15) is 0 Å². The van der Waals surface area contributed by atoms with Crippen molar-refractivity contribution in [1.29, 1.82) is 0 Å². The normalized spacial score (nSPS) is 12.5. The van der Waals surface area contributed by atoms with Crippen LogP contribution < -0.4 is 0 Å². The minimum Gasteiger partial charge on any atom is -0.465 e. The van der Waals surface area contributed by atoms with Gasteiger partial charge in [0.1, 0.15) is 6.61 Å². The summed E-state index contributed by atoms with van der Waals surface area (Å²) in [5.41, 5.74) is 0.730. The van der Waals surface area contributed by atoms with Crippen molar-refractivity contribution in [2.45, 2.75) is 19.1 Å². The molecule has 1 rings (SSSR count). The summed E-state index contributed by atoms with van der Waals surface area (Å²) in [6, 6.07) is 8.92. The highest BCUT2D eigenvalue weighted by atomic mass is 16.5. The molecule has 4 heteroatoms. The first-order valence-corrected chi connectivity index (χ1v) is 4.65. The summed E-state index contributed by atoms with van der Waals surface area (Å²) in [5.74, 6) is -1.04. The standard InChI is InChI=1S/C11H14O4/c1-8(12)15-7-10(11(13)14)9-5-3-2-4-6-9/h2-6,10-11,13-14H,7H2,1H3. The maximum atomic E-state index is 10.6. The molecular formula is C11H14O4. The van der Waals surface area contributed by atoms with Crippen LogP contribution >= 0.6 is 0 Å². The van der Waals surface area contributed by atoms with E-state index in [1.807, 2.05) is 6.07 Å². The Morgan fingerprint density at radius 1 is 1.33 bits per heavy atom. The molecule has 0 heterocycles. The third-order valence-electron chi connectivity index (χ3n) is 2.05. The highest BCUT2D eigenvalue weighted by Gasteiger charge is 2.19. The molecule has 15 heavy (non-hydrogen) atoms. The summed E-state index contributed by atoms with van der Waals surface area (Å²) in [5, 5.41) is 18.3. The molecule has 4 nitrogen and oxygen atoms in total. The summed E-state index contributed by atoms with van der Waals surface area (Å²) in [4.78, 5) is 10.6. The van der Waals surface area contributed by atoms with E-state index < -0.39 is 18.2 Å². The molecule has 0 spiro atoms. The molecule has 0 aliphatic heterocycles. The number of carbonyl (C=O) groups is 1. The van der Waals surface area contributed by atoms with Crippen LogP contribution in [-0.2, 0) is 9.53 Å². The first-order valence-electron chi connectivity index (χ1n) is 4.65. The molecule has 0 saturated heterocycles. The second-order valence-electron chi connectivity index (χ2n) is 3.23. The van der Waals surface area contributed by atoms with Crippen molar-refractivity contribution in [3.63, 3.8) is 0 Å². The molecule has 0 fully saturated rings. The Hall–Kier alpha value is -1.39. The number of hydrogen-bond donors (Lipinski definition) is 2. The van der Waals surface area contributed by atoms with Gasteiger partial charge < -0.3 is 14.9 Å². The number of aliphatic hydroxyl groups excluding tert-OH is 1. The third-order valence-corrected chi connectivity index (χ3v) is 2.05. The van der Waals surface area contributed by atoms with Crippen LogP contribution in [0.15, 0.2) is 30.3 Å². The molecule has 82 valence electrons. The van der Waals surface area contributed by atoms with Gasteiger partial charge in [0.25, 0.3) is 0 Å². The Balaban J connectivity index is 2.70. The van der Waals surface area contributed by atoms with Crippen molar-refractivity contribution >= 4 is 5.97 Å². The lowest BCUT2D eigenvalue weighted by Crippen LogP contribution is -2.23. The van der Waals surface area contributed by atoms with Crippen molar-refractivity contribution in [1.82, 2.24) is 0 Å². The number of ether oxygens (including phenoxy) is 1. The van der Waals surface area contributed by atoms with Crippen LogP contribution in [0.4, 0.5) is 0 Å². The van der Waals surface area contributed by atoms with E-state index in [2.05, 4.69) is 0 Å². The molecule has 0 amide bonds.